The van der Waals surface area contributed by atoms with Crippen molar-refractivity contribution in [2.24, 2.45) is 5.92 Å². The summed E-state index contributed by atoms with van der Waals surface area (Å²) in [6, 6.07) is 5.54. The zero-order valence-corrected chi connectivity index (χ0v) is 14.5. The molecule has 0 bridgehead atoms. The van der Waals surface area contributed by atoms with E-state index in [1.807, 2.05) is 55.7 Å². The Labute approximate surface area is 138 Å². The number of carbonyl (C=O) groups excluding carboxylic acids is 2. The van der Waals surface area contributed by atoms with E-state index in [-0.39, 0.29) is 17.7 Å². The molecule has 5 nitrogen and oxygen atoms in total. The second-order valence-electron chi connectivity index (χ2n) is 6.19. The molecule has 0 saturated carbocycles. The van der Waals surface area contributed by atoms with Crippen LogP contribution in [0.4, 0.5) is 0 Å². The van der Waals surface area contributed by atoms with Crippen molar-refractivity contribution in [1.29, 1.82) is 0 Å². The summed E-state index contributed by atoms with van der Waals surface area (Å²) in [5, 5.41) is 0. The van der Waals surface area contributed by atoms with Crippen LogP contribution in [0.3, 0.4) is 0 Å². The van der Waals surface area contributed by atoms with Crippen molar-refractivity contribution in [3.63, 3.8) is 0 Å². The third-order valence-electron chi connectivity index (χ3n) is 4.09. The van der Waals surface area contributed by atoms with Crippen molar-refractivity contribution in [1.82, 2.24) is 9.80 Å². The van der Waals surface area contributed by atoms with Crippen LogP contribution in [-0.2, 0) is 4.79 Å². The van der Waals surface area contributed by atoms with Gasteiger partial charge in [-0.15, -0.1) is 0 Å². The van der Waals surface area contributed by atoms with E-state index in [0.717, 1.165) is 11.3 Å². The molecule has 1 heterocycles. The van der Waals surface area contributed by atoms with Crippen molar-refractivity contribution in [2.75, 3.05) is 32.8 Å². The van der Waals surface area contributed by atoms with Gasteiger partial charge in [0.2, 0.25) is 5.91 Å². The van der Waals surface area contributed by atoms with Crippen LogP contribution < -0.4 is 4.74 Å². The van der Waals surface area contributed by atoms with Crippen molar-refractivity contribution in [3.8, 4) is 5.75 Å². The fourth-order valence-corrected chi connectivity index (χ4v) is 2.78. The van der Waals surface area contributed by atoms with Gasteiger partial charge in [0.15, 0.2) is 0 Å². The molecule has 1 aliphatic heterocycles. The highest BCUT2D eigenvalue weighted by Gasteiger charge is 2.26. The van der Waals surface area contributed by atoms with Gasteiger partial charge in [-0.2, -0.15) is 0 Å². The summed E-state index contributed by atoms with van der Waals surface area (Å²) in [5.74, 6) is 1.00. The standard InChI is InChI=1S/C18H26N2O3/c1-5-23-16-7-6-15(12-14(16)4)18(22)20-10-8-19(9-11-20)17(21)13(2)3/h6-7,12-13H,5,8-11H2,1-4H3. The second kappa shape index (κ2) is 7.49. The Morgan fingerprint density at radius 1 is 1.13 bits per heavy atom. The number of amides is 2. The van der Waals surface area contributed by atoms with E-state index in [4.69, 9.17) is 4.74 Å². The second-order valence-corrected chi connectivity index (χ2v) is 6.19. The van der Waals surface area contributed by atoms with Crippen molar-refractivity contribution in [2.45, 2.75) is 27.7 Å². The van der Waals surface area contributed by atoms with E-state index < -0.39 is 0 Å². The van der Waals surface area contributed by atoms with E-state index in [1.165, 1.54) is 0 Å². The Morgan fingerprint density at radius 2 is 1.74 bits per heavy atom. The molecule has 0 N–H and O–H groups in total. The van der Waals surface area contributed by atoms with Crippen LogP contribution in [0.1, 0.15) is 36.7 Å². The van der Waals surface area contributed by atoms with Gasteiger partial charge in [-0.1, -0.05) is 13.8 Å². The highest BCUT2D eigenvalue weighted by molar-refractivity contribution is 5.94. The lowest BCUT2D eigenvalue weighted by molar-refractivity contribution is -0.135. The first-order valence-electron chi connectivity index (χ1n) is 8.25. The number of nitrogens with zero attached hydrogens (tertiary/aromatic N) is 2. The quantitative estimate of drug-likeness (QED) is 0.856. The summed E-state index contributed by atoms with van der Waals surface area (Å²) in [5.41, 5.74) is 1.64. The van der Waals surface area contributed by atoms with Crippen molar-refractivity contribution < 1.29 is 14.3 Å². The number of benzene rings is 1. The number of hydrogen-bond acceptors (Lipinski definition) is 3. The maximum atomic E-state index is 12.6. The summed E-state index contributed by atoms with van der Waals surface area (Å²) >= 11 is 0. The van der Waals surface area contributed by atoms with Crippen LogP contribution in [0.15, 0.2) is 18.2 Å². The number of aryl methyl sites for hydroxylation is 1. The molecular weight excluding hydrogens is 292 g/mol. The van der Waals surface area contributed by atoms with Gasteiger partial charge in [0.1, 0.15) is 5.75 Å². The van der Waals surface area contributed by atoms with E-state index in [2.05, 4.69) is 0 Å². The van der Waals surface area contributed by atoms with Crippen molar-refractivity contribution >= 4 is 11.8 Å². The summed E-state index contributed by atoms with van der Waals surface area (Å²) in [7, 11) is 0. The lowest BCUT2D eigenvalue weighted by atomic mass is 10.1. The highest BCUT2D eigenvalue weighted by Crippen LogP contribution is 2.20. The molecule has 1 aromatic rings. The van der Waals surface area contributed by atoms with Gasteiger partial charge < -0.3 is 14.5 Å². The normalized spacial score (nSPS) is 15.0. The van der Waals surface area contributed by atoms with Crippen LogP contribution in [-0.4, -0.2) is 54.4 Å². The van der Waals surface area contributed by atoms with E-state index >= 15 is 0 Å². The molecule has 2 rings (SSSR count). The van der Waals surface area contributed by atoms with Crippen LogP contribution >= 0.6 is 0 Å². The van der Waals surface area contributed by atoms with Crippen LogP contribution in [0.5, 0.6) is 5.75 Å². The monoisotopic (exact) mass is 318 g/mol. The first-order valence-corrected chi connectivity index (χ1v) is 8.25. The lowest BCUT2D eigenvalue weighted by Gasteiger charge is -2.35. The topological polar surface area (TPSA) is 49.9 Å². The lowest BCUT2D eigenvalue weighted by Crippen LogP contribution is -2.51. The zero-order chi connectivity index (χ0) is 17.0. The first-order chi connectivity index (χ1) is 10.9. The van der Waals surface area contributed by atoms with Gasteiger partial charge in [0, 0.05) is 37.7 Å². The summed E-state index contributed by atoms with van der Waals surface area (Å²) in [4.78, 5) is 28.3. The molecule has 0 radical (unpaired) electrons. The highest BCUT2D eigenvalue weighted by atomic mass is 16.5. The Morgan fingerprint density at radius 3 is 2.26 bits per heavy atom. The summed E-state index contributed by atoms with van der Waals surface area (Å²) < 4.78 is 5.51. The molecule has 0 spiro atoms. The molecule has 126 valence electrons. The molecular formula is C18H26N2O3. The number of piperazine rings is 1. The molecule has 0 unspecified atom stereocenters. The van der Waals surface area contributed by atoms with Crippen LogP contribution in [0.2, 0.25) is 0 Å². The summed E-state index contributed by atoms with van der Waals surface area (Å²) in [6.07, 6.45) is 0. The van der Waals surface area contributed by atoms with Crippen molar-refractivity contribution in [3.05, 3.63) is 29.3 Å². The number of hydrogen-bond donors (Lipinski definition) is 0. The zero-order valence-electron chi connectivity index (χ0n) is 14.5. The van der Waals surface area contributed by atoms with Gasteiger partial charge in [-0.3, -0.25) is 9.59 Å². The number of rotatable bonds is 4. The molecule has 1 aliphatic rings. The summed E-state index contributed by atoms with van der Waals surface area (Å²) in [6.45, 7) is 10.7. The first kappa shape index (κ1) is 17.3. The van der Waals surface area contributed by atoms with Gasteiger partial charge >= 0.3 is 0 Å². The SMILES string of the molecule is CCOc1ccc(C(=O)N2CCN(C(=O)C(C)C)CC2)cc1C. The molecule has 1 fully saturated rings. The average Bonchev–Trinajstić information content (AvgIpc) is 2.55. The molecule has 0 atom stereocenters. The molecule has 5 heteroatoms. The van der Waals surface area contributed by atoms with E-state index in [0.29, 0.717) is 38.3 Å². The molecule has 0 aliphatic carbocycles. The molecule has 2 amide bonds. The van der Waals surface area contributed by atoms with E-state index in [9.17, 15) is 9.59 Å². The van der Waals surface area contributed by atoms with Gasteiger partial charge in [-0.05, 0) is 37.6 Å². The average molecular weight is 318 g/mol. The Kier molecular flexibility index (Phi) is 5.64. The maximum Gasteiger partial charge on any atom is 0.253 e. The molecule has 1 saturated heterocycles. The fourth-order valence-electron chi connectivity index (χ4n) is 2.78. The third-order valence-corrected chi connectivity index (χ3v) is 4.09. The minimum atomic E-state index is 0.00557. The van der Waals surface area contributed by atoms with Crippen LogP contribution in [0.25, 0.3) is 0 Å². The Bertz CT molecular complexity index is 576. The molecule has 23 heavy (non-hydrogen) atoms. The van der Waals surface area contributed by atoms with Gasteiger partial charge in [0.25, 0.3) is 5.91 Å². The predicted octanol–water partition coefficient (Wildman–Crippen LogP) is 2.33. The minimum Gasteiger partial charge on any atom is -0.494 e. The van der Waals surface area contributed by atoms with E-state index in [1.54, 1.807) is 0 Å². The predicted molar refractivity (Wildman–Crippen MR) is 89.7 cm³/mol. The van der Waals surface area contributed by atoms with Gasteiger partial charge in [0.05, 0.1) is 6.61 Å². The minimum absolute atomic E-state index is 0.00557. The maximum absolute atomic E-state index is 12.6. The molecule has 0 aromatic heterocycles. The number of ether oxygens (including phenoxy) is 1. The van der Waals surface area contributed by atoms with Crippen LogP contribution in [0, 0.1) is 12.8 Å². The smallest absolute Gasteiger partial charge is 0.253 e. The fraction of sp³-hybridized carbons (Fsp3) is 0.556. The largest absolute Gasteiger partial charge is 0.494 e. The Hall–Kier alpha value is -2.04. The molecule has 1 aromatic carbocycles. The van der Waals surface area contributed by atoms with Gasteiger partial charge in [-0.25, -0.2) is 0 Å². The third kappa shape index (κ3) is 4.03. The Balaban J connectivity index is 2.00. The number of carbonyl (C=O) groups is 2.